The summed E-state index contributed by atoms with van der Waals surface area (Å²) in [6, 6.07) is 2.24. The highest BCUT2D eigenvalue weighted by Crippen LogP contribution is 2.38. The molecule has 1 N–H and O–H groups in total. The zero-order chi connectivity index (χ0) is 13.9. The molecule has 1 saturated heterocycles. The number of anilines is 1. The Bertz CT molecular complexity index is 457. The Balaban J connectivity index is 1.86. The predicted octanol–water partition coefficient (Wildman–Crippen LogP) is 3.10. The van der Waals surface area contributed by atoms with Crippen LogP contribution in [0.3, 0.4) is 0 Å². The second-order valence-electron chi connectivity index (χ2n) is 6.11. The van der Waals surface area contributed by atoms with E-state index in [1.807, 2.05) is 7.05 Å². The molecular weight excluding hydrogens is 253 g/mol. The molecule has 0 amide bonds. The summed E-state index contributed by atoms with van der Waals surface area (Å²) in [6.07, 6.45) is 9.30. The maximum atomic E-state index is 13.4. The molecule has 0 aromatic carbocycles. The van der Waals surface area contributed by atoms with Crippen LogP contribution < -0.4 is 10.2 Å². The topological polar surface area (TPSA) is 28.2 Å². The monoisotopic (exact) mass is 277 g/mol. The molecule has 0 spiro atoms. The third-order valence-corrected chi connectivity index (χ3v) is 4.79. The van der Waals surface area contributed by atoms with E-state index in [1.54, 1.807) is 6.07 Å². The van der Waals surface area contributed by atoms with E-state index < -0.39 is 0 Å². The molecule has 0 radical (unpaired) electrons. The first-order chi connectivity index (χ1) is 9.79. The van der Waals surface area contributed by atoms with Crippen LogP contribution in [0.1, 0.15) is 44.1 Å². The molecule has 1 aliphatic carbocycles. The molecule has 3 nitrogen and oxygen atoms in total. The molecular formula is C16H24FN3. The Kier molecular flexibility index (Phi) is 4.20. The average Bonchev–Trinajstić information content (AvgIpc) is 3.10. The van der Waals surface area contributed by atoms with Crippen LogP contribution in [0.2, 0.25) is 0 Å². The van der Waals surface area contributed by atoms with E-state index in [0.29, 0.717) is 12.6 Å². The van der Waals surface area contributed by atoms with E-state index >= 15 is 0 Å². The molecule has 2 aliphatic rings. The molecule has 1 atom stereocenters. The Morgan fingerprint density at radius 3 is 2.85 bits per heavy atom. The lowest BCUT2D eigenvalue weighted by molar-refractivity contribution is 0.428. The Morgan fingerprint density at radius 2 is 2.10 bits per heavy atom. The minimum absolute atomic E-state index is 0.240. The van der Waals surface area contributed by atoms with Crippen molar-refractivity contribution in [2.24, 2.45) is 5.92 Å². The highest BCUT2D eigenvalue weighted by Gasteiger charge is 2.34. The van der Waals surface area contributed by atoms with Gasteiger partial charge in [0.05, 0.1) is 6.20 Å². The van der Waals surface area contributed by atoms with Gasteiger partial charge in [-0.25, -0.2) is 9.37 Å². The number of pyridine rings is 1. The third kappa shape index (κ3) is 2.66. The SMILES string of the molecule is CNCc1cc(F)cnc1N1CCCC1C1CCCC1. The van der Waals surface area contributed by atoms with E-state index in [4.69, 9.17) is 0 Å². The lowest BCUT2D eigenvalue weighted by Crippen LogP contribution is -2.36. The van der Waals surface area contributed by atoms with Gasteiger partial charge in [0, 0.05) is 24.7 Å². The van der Waals surface area contributed by atoms with E-state index in [-0.39, 0.29) is 5.82 Å². The highest BCUT2D eigenvalue weighted by atomic mass is 19.1. The molecule has 1 saturated carbocycles. The molecule has 3 rings (SSSR count). The molecule has 1 aromatic heterocycles. The standard InChI is InChI=1S/C16H24FN3/c1-18-10-13-9-14(17)11-19-16(13)20-8-4-7-15(20)12-5-2-3-6-12/h9,11-12,15,18H,2-8,10H2,1H3. The Morgan fingerprint density at radius 1 is 1.30 bits per heavy atom. The van der Waals surface area contributed by atoms with E-state index in [2.05, 4.69) is 15.2 Å². The molecule has 0 bridgehead atoms. The third-order valence-electron chi connectivity index (χ3n) is 4.79. The fourth-order valence-electron chi connectivity index (χ4n) is 3.94. The maximum absolute atomic E-state index is 13.4. The summed E-state index contributed by atoms with van der Waals surface area (Å²) in [5.41, 5.74) is 0.984. The second-order valence-corrected chi connectivity index (χ2v) is 6.11. The van der Waals surface area contributed by atoms with Crippen LogP contribution in [0.4, 0.5) is 10.2 Å². The van der Waals surface area contributed by atoms with Crippen LogP contribution in [-0.4, -0.2) is 24.6 Å². The number of rotatable bonds is 4. The van der Waals surface area contributed by atoms with Crippen molar-refractivity contribution in [3.63, 3.8) is 0 Å². The molecule has 20 heavy (non-hydrogen) atoms. The van der Waals surface area contributed by atoms with Gasteiger partial charge in [0.2, 0.25) is 0 Å². The van der Waals surface area contributed by atoms with Crippen molar-refractivity contribution < 1.29 is 4.39 Å². The number of hydrogen-bond donors (Lipinski definition) is 1. The fourth-order valence-corrected chi connectivity index (χ4v) is 3.94. The van der Waals surface area contributed by atoms with Gasteiger partial charge in [0.15, 0.2) is 0 Å². The van der Waals surface area contributed by atoms with Crippen molar-refractivity contribution in [1.82, 2.24) is 10.3 Å². The average molecular weight is 277 g/mol. The first kappa shape index (κ1) is 13.8. The van der Waals surface area contributed by atoms with Gasteiger partial charge in [0.25, 0.3) is 0 Å². The van der Waals surface area contributed by atoms with Crippen molar-refractivity contribution in [2.45, 2.75) is 51.1 Å². The summed E-state index contributed by atoms with van der Waals surface area (Å²) in [4.78, 5) is 6.86. The smallest absolute Gasteiger partial charge is 0.141 e. The predicted molar refractivity (Wildman–Crippen MR) is 79.3 cm³/mol. The summed E-state index contributed by atoms with van der Waals surface area (Å²) in [6.45, 7) is 1.74. The van der Waals surface area contributed by atoms with Crippen molar-refractivity contribution in [1.29, 1.82) is 0 Å². The first-order valence-electron chi connectivity index (χ1n) is 7.85. The van der Waals surface area contributed by atoms with Crippen molar-refractivity contribution in [2.75, 3.05) is 18.5 Å². The van der Waals surface area contributed by atoms with Crippen LogP contribution in [-0.2, 0) is 6.54 Å². The minimum atomic E-state index is -0.240. The van der Waals surface area contributed by atoms with Gasteiger partial charge in [-0.2, -0.15) is 0 Å². The minimum Gasteiger partial charge on any atom is -0.353 e. The van der Waals surface area contributed by atoms with Gasteiger partial charge in [-0.1, -0.05) is 12.8 Å². The number of nitrogens with zero attached hydrogens (tertiary/aromatic N) is 2. The largest absolute Gasteiger partial charge is 0.353 e. The lowest BCUT2D eigenvalue weighted by Gasteiger charge is -2.31. The molecule has 2 heterocycles. The van der Waals surface area contributed by atoms with Crippen LogP contribution >= 0.6 is 0 Å². The zero-order valence-corrected chi connectivity index (χ0v) is 12.2. The van der Waals surface area contributed by atoms with Crippen LogP contribution in [0, 0.1) is 11.7 Å². The molecule has 2 fully saturated rings. The summed E-state index contributed by atoms with van der Waals surface area (Å²) in [5.74, 6) is 1.57. The summed E-state index contributed by atoms with van der Waals surface area (Å²) in [5, 5.41) is 3.13. The molecule has 1 aliphatic heterocycles. The molecule has 1 aromatic rings. The van der Waals surface area contributed by atoms with Crippen molar-refractivity contribution in [3.8, 4) is 0 Å². The maximum Gasteiger partial charge on any atom is 0.141 e. The fraction of sp³-hybridized carbons (Fsp3) is 0.688. The second kappa shape index (κ2) is 6.08. The number of halogens is 1. The van der Waals surface area contributed by atoms with Gasteiger partial charge < -0.3 is 10.2 Å². The number of aromatic nitrogens is 1. The van der Waals surface area contributed by atoms with Crippen LogP contribution in [0.15, 0.2) is 12.3 Å². The highest BCUT2D eigenvalue weighted by molar-refractivity contribution is 5.49. The Labute approximate surface area is 120 Å². The van der Waals surface area contributed by atoms with Gasteiger partial charge in [-0.15, -0.1) is 0 Å². The normalized spacial score (nSPS) is 23.7. The zero-order valence-electron chi connectivity index (χ0n) is 12.2. The van der Waals surface area contributed by atoms with E-state index in [0.717, 1.165) is 23.8 Å². The summed E-state index contributed by atoms with van der Waals surface area (Å²) in [7, 11) is 1.90. The lowest BCUT2D eigenvalue weighted by atomic mass is 9.96. The molecule has 1 unspecified atom stereocenters. The molecule has 110 valence electrons. The van der Waals surface area contributed by atoms with E-state index in [9.17, 15) is 4.39 Å². The number of hydrogen-bond acceptors (Lipinski definition) is 3. The van der Waals surface area contributed by atoms with Gasteiger partial charge in [-0.3, -0.25) is 0 Å². The van der Waals surface area contributed by atoms with Gasteiger partial charge in [0.1, 0.15) is 11.6 Å². The van der Waals surface area contributed by atoms with Crippen molar-refractivity contribution >= 4 is 5.82 Å². The summed E-state index contributed by atoms with van der Waals surface area (Å²) >= 11 is 0. The molecule has 4 heteroatoms. The van der Waals surface area contributed by atoms with Crippen molar-refractivity contribution in [3.05, 3.63) is 23.6 Å². The number of nitrogens with one attached hydrogen (secondary N) is 1. The first-order valence-corrected chi connectivity index (χ1v) is 7.85. The van der Waals surface area contributed by atoms with Gasteiger partial charge >= 0.3 is 0 Å². The van der Waals surface area contributed by atoms with Gasteiger partial charge in [-0.05, 0) is 44.7 Å². The van der Waals surface area contributed by atoms with Crippen LogP contribution in [0.5, 0.6) is 0 Å². The van der Waals surface area contributed by atoms with E-state index in [1.165, 1.54) is 44.7 Å². The Hall–Kier alpha value is -1.16. The quantitative estimate of drug-likeness (QED) is 0.916. The van der Waals surface area contributed by atoms with Crippen LogP contribution in [0.25, 0.3) is 0 Å². The summed E-state index contributed by atoms with van der Waals surface area (Å²) < 4.78 is 13.4.